The molecule has 30 heavy (non-hydrogen) atoms. The first-order chi connectivity index (χ1) is 14.2. The van der Waals surface area contributed by atoms with E-state index in [1.807, 2.05) is 59.5 Å². The largest absolute Gasteiger partial charge is 0.490 e. The number of guanidine groups is 1. The maximum Gasteiger partial charge on any atom is 0.195 e. The van der Waals surface area contributed by atoms with Gasteiger partial charge in [0.15, 0.2) is 17.5 Å². The van der Waals surface area contributed by atoms with Crippen molar-refractivity contribution >= 4 is 47.2 Å². The maximum atomic E-state index is 5.94. The van der Waals surface area contributed by atoms with Gasteiger partial charge in [-0.1, -0.05) is 11.6 Å². The van der Waals surface area contributed by atoms with Crippen LogP contribution in [0.15, 0.2) is 59.9 Å². The van der Waals surface area contributed by atoms with Gasteiger partial charge in [0.1, 0.15) is 0 Å². The lowest BCUT2D eigenvalue weighted by atomic mass is 10.2. The van der Waals surface area contributed by atoms with Gasteiger partial charge in [-0.3, -0.25) is 4.99 Å². The number of ether oxygens (including phenoxy) is 2. The van der Waals surface area contributed by atoms with Crippen molar-refractivity contribution in [1.82, 2.24) is 15.1 Å². The van der Waals surface area contributed by atoms with Crippen LogP contribution in [0.4, 0.5) is 5.69 Å². The number of aliphatic imine (C=N–C) groups is 1. The van der Waals surface area contributed by atoms with E-state index in [1.54, 1.807) is 7.05 Å². The molecule has 2 N–H and O–H groups in total. The van der Waals surface area contributed by atoms with Gasteiger partial charge in [0.2, 0.25) is 0 Å². The molecular weight excluding hydrogens is 517 g/mol. The Morgan fingerprint density at radius 1 is 1.13 bits per heavy atom. The average molecular weight is 540 g/mol. The lowest BCUT2D eigenvalue weighted by Gasteiger charge is -2.13. The van der Waals surface area contributed by atoms with E-state index in [1.165, 1.54) is 0 Å². The van der Waals surface area contributed by atoms with Gasteiger partial charge in [0, 0.05) is 48.5 Å². The maximum absolute atomic E-state index is 5.94. The second kappa shape index (κ2) is 10.5. The van der Waals surface area contributed by atoms with E-state index in [9.17, 15) is 0 Å². The van der Waals surface area contributed by atoms with Gasteiger partial charge in [0.25, 0.3) is 0 Å². The predicted octanol–water partition coefficient (Wildman–Crippen LogP) is 4.49. The van der Waals surface area contributed by atoms with Crippen molar-refractivity contribution in [2.24, 2.45) is 4.99 Å². The van der Waals surface area contributed by atoms with E-state index in [4.69, 9.17) is 21.1 Å². The summed E-state index contributed by atoms with van der Waals surface area (Å²) in [5.74, 6) is 2.16. The lowest BCUT2D eigenvalue weighted by molar-refractivity contribution is 0.297. The standard InChI is InChI=1S/C21H22ClN5O2.HI/c1-23-21(26-17-5-8-19-20(11-17)29-10-2-9-28-19)24-12-15-13-25-27(14-15)18-6-3-16(22)4-7-18;/h3-8,11,13-14H,2,9-10,12H2,1H3,(H2,23,24,26);1H. The molecule has 1 aromatic heterocycles. The Bertz CT molecular complexity index is 1010. The number of aromatic nitrogens is 2. The molecule has 158 valence electrons. The Balaban J connectivity index is 0.00000256. The number of halogens is 2. The number of nitrogens with one attached hydrogen (secondary N) is 2. The van der Waals surface area contributed by atoms with Crippen molar-refractivity contribution in [1.29, 1.82) is 0 Å². The van der Waals surface area contributed by atoms with Crippen molar-refractivity contribution in [3.05, 3.63) is 65.4 Å². The van der Waals surface area contributed by atoms with E-state index in [0.29, 0.717) is 30.7 Å². The zero-order chi connectivity index (χ0) is 20.1. The summed E-state index contributed by atoms with van der Waals surface area (Å²) >= 11 is 5.94. The Morgan fingerprint density at radius 3 is 2.67 bits per heavy atom. The van der Waals surface area contributed by atoms with E-state index < -0.39 is 0 Å². The summed E-state index contributed by atoms with van der Waals surface area (Å²) in [5, 5.41) is 11.7. The van der Waals surface area contributed by atoms with Crippen molar-refractivity contribution in [2.75, 3.05) is 25.6 Å². The SMILES string of the molecule is CN=C(NCc1cnn(-c2ccc(Cl)cc2)c1)Nc1ccc2c(c1)OCCCO2.I. The zero-order valence-electron chi connectivity index (χ0n) is 16.5. The van der Waals surface area contributed by atoms with Crippen LogP contribution in [0.25, 0.3) is 5.69 Å². The molecule has 0 bridgehead atoms. The number of benzene rings is 2. The van der Waals surface area contributed by atoms with Crippen LogP contribution < -0.4 is 20.1 Å². The van der Waals surface area contributed by atoms with Crippen LogP contribution >= 0.6 is 35.6 Å². The van der Waals surface area contributed by atoms with Gasteiger partial charge in [-0.15, -0.1) is 24.0 Å². The second-order valence-electron chi connectivity index (χ2n) is 6.53. The van der Waals surface area contributed by atoms with Gasteiger partial charge in [-0.25, -0.2) is 4.68 Å². The van der Waals surface area contributed by atoms with Crippen LogP contribution in [0, 0.1) is 0 Å². The van der Waals surface area contributed by atoms with Crippen LogP contribution in [0.5, 0.6) is 11.5 Å². The van der Waals surface area contributed by atoms with Gasteiger partial charge in [-0.2, -0.15) is 5.10 Å². The highest BCUT2D eigenvalue weighted by molar-refractivity contribution is 14.0. The van der Waals surface area contributed by atoms with Crippen LogP contribution in [0.3, 0.4) is 0 Å². The van der Waals surface area contributed by atoms with E-state index in [-0.39, 0.29) is 24.0 Å². The molecule has 0 spiro atoms. The van der Waals surface area contributed by atoms with Crippen molar-refractivity contribution in [3.63, 3.8) is 0 Å². The number of fused-ring (bicyclic) bond motifs is 1. The summed E-state index contributed by atoms with van der Waals surface area (Å²) < 4.78 is 13.2. The molecule has 0 amide bonds. The Morgan fingerprint density at radius 2 is 1.90 bits per heavy atom. The van der Waals surface area contributed by atoms with Gasteiger partial charge in [0.05, 0.1) is 25.1 Å². The van der Waals surface area contributed by atoms with Gasteiger partial charge >= 0.3 is 0 Å². The summed E-state index contributed by atoms with van der Waals surface area (Å²) in [7, 11) is 1.73. The minimum Gasteiger partial charge on any atom is -0.490 e. The minimum atomic E-state index is 0. The summed E-state index contributed by atoms with van der Waals surface area (Å²) in [4.78, 5) is 4.28. The fourth-order valence-electron chi connectivity index (χ4n) is 2.93. The molecule has 0 atom stereocenters. The number of nitrogens with zero attached hydrogens (tertiary/aromatic N) is 3. The molecule has 1 aliphatic heterocycles. The van der Waals surface area contributed by atoms with Crippen molar-refractivity contribution < 1.29 is 9.47 Å². The molecule has 0 fully saturated rings. The smallest absolute Gasteiger partial charge is 0.195 e. The molecule has 0 saturated heterocycles. The molecule has 2 heterocycles. The van der Waals surface area contributed by atoms with Crippen molar-refractivity contribution in [3.8, 4) is 17.2 Å². The third-order valence-electron chi connectivity index (χ3n) is 4.42. The fraction of sp³-hybridized carbons (Fsp3) is 0.238. The first-order valence-corrected chi connectivity index (χ1v) is 9.76. The van der Waals surface area contributed by atoms with Gasteiger partial charge < -0.3 is 20.1 Å². The number of rotatable bonds is 4. The molecule has 2 aromatic carbocycles. The normalized spacial score (nSPS) is 13.2. The van der Waals surface area contributed by atoms with E-state index in [0.717, 1.165) is 34.9 Å². The highest BCUT2D eigenvalue weighted by Gasteiger charge is 2.11. The molecule has 3 aromatic rings. The quantitative estimate of drug-likeness (QED) is 0.290. The first-order valence-electron chi connectivity index (χ1n) is 9.38. The monoisotopic (exact) mass is 539 g/mol. The molecular formula is C21H23ClIN5O2. The van der Waals surface area contributed by atoms with E-state index in [2.05, 4.69) is 20.7 Å². The number of hydrogen-bond donors (Lipinski definition) is 2. The molecule has 7 nitrogen and oxygen atoms in total. The molecule has 0 saturated carbocycles. The summed E-state index contributed by atoms with van der Waals surface area (Å²) in [6, 6.07) is 13.3. The molecule has 0 radical (unpaired) electrons. The van der Waals surface area contributed by atoms with Crippen molar-refractivity contribution in [2.45, 2.75) is 13.0 Å². The number of anilines is 1. The third kappa shape index (κ3) is 5.57. The lowest BCUT2D eigenvalue weighted by Crippen LogP contribution is -2.30. The summed E-state index contributed by atoms with van der Waals surface area (Å²) in [6.07, 6.45) is 4.67. The highest BCUT2D eigenvalue weighted by atomic mass is 127. The van der Waals surface area contributed by atoms with Crippen LogP contribution in [-0.4, -0.2) is 36.0 Å². The molecule has 9 heteroatoms. The van der Waals surface area contributed by atoms with E-state index >= 15 is 0 Å². The number of hydrogen-bond acceptors (Lipinski definition) is 4. The van der Waals surface area contributed by atoms with Crippen LogP contribution in [0.1, 0.15) is 12.0 Å². The van der Waals surface area contributed by atoms with Gasteiger partial charge in [-0.05, 0) is 36.4 Å². The minimum absolute atomic E-state index is 0. The molecule has 1 aliphatic rings. The fourth-order valence-corrected chi connectivity index (χ4v) is 3.06. The van der Waals surface area contributed by atoms with Crippen LogP contribution in [-0.2, 0) is 6.54 Å². The average Bonchev–Trinajstić information content (AvgIpc) is 3.09. The zero-order valence-corrected chi connectivity index (χ0v) is 19.6. The van der Waals surface area contributed by atoms with Crippen LogP contribution in [0.2, 0.25) is 5.02 Å². The summed E-state index contributed by atoms with van der Waals surface area (Å²) in [5.41, 5.74) is 2.86. The molecule has 0 aliphatic carbocycles. The topological polar surface area (TPSA) is 72.7 Å². The summed E-state index contributed by atoms with van der Waals surface area (Å²) in [6.45, 7) is 1.91. The first kappa shape index (κ1) is 22.2. The predicted molar refractivity (Wildman–Crippen MR) is 130 cm³/mol. The Labute approximate surface area is 197 Å². The molecule has 0 unspecified atom stereocenters. The second-order valence-corrected chi connectivity index (χ2v) is 6.97. The highest BCUT2D eigenvalue weighted by Crippen LogP contribution is 2.32. The third-order valence-corrected chi connectivity index (χ3v) is 4.67. The Kier molecular flexibility index (Phi) is 7.81. The Hall–Kier alpha value is -2.46. The molecule has 4 rings (SSSR count).